The molecular formula is C13H21N3O. The molecule has 1 fully saturated rings. The van der Waals surface area contributed by atoms with Gasteiger partial charge in [-0.3, -0.25) is 9.88 Å². The number of pyridine rings is 1. The van der Waals surface area contributed by atoms with Crippen molar-refractivity contribution < 1.29 is 5.11 Å². The molecule has 3 unspecified atom stereocenters. The SMILES string of the molecule is CCC(N)C(c1ccccn1)N1CCC(O)C1. The molecule has 0 spiro atoms. The zero-order valence-corrected chi connectivity index (χ0v) is 10.3. The van der Waals surface area contributed by atoms with Crippen molar-refractivity contribution in [1.82, 2.24) is 9.88 Å². The maximum absolute atomic E-state index is 9.65. The normalized spacial score (nSPS) is 24.8. The molecule has 1 aliphatic heterocycles. The summed E-state index contributed by atoms with van der Waals surface area (Å²) in [6.07, 6.45) is 3.33. The van der Waals surface area contributed by atoms with Crippen LogP contribution in [0.5, 0.6) is 0 Å². The molecule has 2 rings (SSSR count). The summed E-state index contributed by atoms with van der Waals surface area (Å²) in [6, 6.07) is 6.11. The van der Waals surface area contributed by atoms with E-state index < -0.39 is 0 Å². The average molecular weight is 235 g/mol. The lowest BCUT2D eigenvalue weighted by Crippen LogP contribution is -2.40. The van der Waals surface area contributed by atoms with E-state index in [0.29, 0.717) is 6.54 Å². The molecule has 3 atom stereocenters. The number of nitrogens with two attached hydrogens (primary N) is 1. The predicted molar refractivity (Wildman–Crippen MR) is 67.4 cm³/mol. The molecule has 0 radical (unpaired) electrons. The standard InChI is InChI=1S/C13H21N3O/c1-2-11(14)13(12-5-3-4-7-15-12)16-8-6-10(17)9-16/h3-5,7,10-11,13,17H,2,6,8-9,14H2,1H3. The second-order valence-electron chi connectivity index (χ2n) is 4.71. The second kappa shape index (κ2) is 5.58. The summed E-state index contributed by atoms with van der Waals surface area (Å²) in [5, 5.41) is 9.65. The molecule has 1 aliphatic rings. The summed E-state index contributed by atoms with van der Waals surface area (Å²) in [5.74, 6) is 0. The molecule has 2 heterocycles. The largest absolute Gasteiger partial charge is 0.392 e. The quantitative estimate of drug-likeness (QED) is 0.815. The van der Waals surface area contributed by atoms with Crippen LogP contribution in [0.15, 0.2) is 24.4 Å². The zero-order valence-electron chi connectivity index (χ0n) is 10.3. The Balaban J connectivity index is 2.20. The van der Waals surface area contributed by atoms with E-state index in [9.17, 15) is 5.11 Å². The van der Waals surface area contributed by atoms with Gasteiger partial charge in [-0.05, 0) is 25.0 Å². The smallest absolute Gasteiger partial charge is 0.0679 e. The first kappa shape index (κ1) is 12.5. The van der Waals surface area contributed by atoms with Crippen LogP contribution in [-0.2, 0) is 0 Å². The molecule has 3 N–H and O–H groups in total. The van der Waals surface area contributed by atoms with Gasteiger partial charge in [-0.15, -0.1) is 0 Å². The van der Waals surface area contributed by atoms with E-state index in [0.717, 1.165) is 25.1 Å². The summed E-state index contributed by atoms with van der Waals surface area (Å²) in [5.41, 5.74) is 7.22. The van der Waals surface area contributed by atoms with Crippen LogP contribution >= 0.6 is 0 Å². The van der Waals surface area contributed by atoms with E-state index in [1.54, 1.807) is 6.20 Å². The van der Waals surface area contributed by atoms with Crippen molar-refractivity contribution in [2.75, 3.05) is 13.1 Å². The first-order chi connectivity index (χ1) is 8.22. The third-order valence-electron chi connectivity index (χ3n) is 3.46. The summed E-state index contributed by atoms with van der Waals surface area (Å²) in [7, 11) is 0. The van der Waals surface area contributed by atoms with Gasteiger partial charge in [-0.2, -0.15) is 0 Å². The lowest BCUT2D eigenvalue weighted by Gasteiger charge is -2.31. The van der Waals surface area contributed by atoms with E-state index in [4.69, 9.17) is 5.73 Å². The highest BCUT2D eigenvalue weighted by molar-refractivity contribution is 5.12. The van der Waals surface area contributed by atoms with Crippen LogP contribution < -0.4 is 5.73 Å². The number of likely N-dealkylation sites (tertiary alicyclic amines) is 1. The minimum atomic E-state index is -0.217. The average Bonchev–Trinajstić information content (AvgIpc) is 2.77. The van der Waals surface area contributed by atoms with Crippen molar-refractivity contribution in [3.8, 4) is 0 Å². The molecule has 0 saturated carbocycles. The first-order valence-electron chi connectivity index (χ1n) is 6.31. The third-order valence-corrected chi connectivity index (χ3v) is 3.46. The number of β-amino-alcohol motifs (C(OH)–C–C–N with tert-alkyl or cyclic N) is 1. The lowest BCUT2D eigenvalue weighted by molar-refractivity contribution is 0.147. The Morgan fingerprint density at radius 2 is 2.41 bits per heavy atom. The number of aliphatic hydroxyl groups is 1. The Hall–Kier alpha value is -0.970. The molecular weight excluding hydrogens is 214 g/mol. The van der Waals surface area contributed by atoms with Gasteiger partial charge in [0.05, 0.1) is 17.8 Å². The number of aromatic nitrogens is 1. The monoisotopic (exact) mass is 235 g/mol. The summed E-state index contributed by atoms with van der Waals surface area (Å²) < 4.78 is 0. The number of nitrogens with zero attached hydrogens (tertiary/aromatic N) is 2. The van der Waals surface area contributed by atoms with Gasteiger partial charge in [0.15, 0.2) is 0 Å². The van der Waals surface area contributed by atoms with E-state index in [1.165, 1.54) is 0 Å². The number of hydrogen-bond donors (Lipinski definition) is 2. The number of rotatable bonds is 4. The summed E-state index contributed by atoms with van der Waals surface area (Å²) in [6.45, 7) is 3.69. The first-order valence-corrected chi connectivity index (χ1v) is 6.31. The molecule has 17 heavy (non-hydrogen) atoms. The molecule has 4 heteroatoms. The van der Waals surface area contributed by atoms with E-state index in [-0.39, 0.29) is 18.2 Å². The van der Waals surface area contributed by atoms with Gasteiger partial charge in [0.1, 0.15) is 0 Å². The van der Waals surface area contributed by atoms with Gasteiger partial charge >= 0.3 is 0 Å². The Kier molecular flexibility index (Phi) is 4.10. The van der Waals surface area contributed by atoms with Gasteiger partial charge in [0, 0.05) is 25.3 Å². The van der Waals surface area contributed by atoms with E-state index >= 15 is 0 Å². The van der Waals surface area contributed by atoms with Crippen molar-refractivity contribution in [3.05, 3.63) is 30.1 Å². The number of hydrogen-bond acceptors (Lipinski definition) is 4. The maximum Gasteiger partial charge on any atom is 0.0679 e. The Morgan fingerprint density at radius 1 is 1.59 bits per heavy atom. The van der Waals surface area contributed by atoms with Gasteiger partial charge in [-0.25, -0.2) is 0 Å². The Morgan fingerprint density at radius 3 is 2.94 bits per heavy atom. The summed E-state index contributed by atoms with van der Waals surface area (Å²) >= 11 is 0. The fourth-order valence-electron chi connectivity index (χ4n) is 2.47. The fourth-order valence-corrected chi connectivity index (χ4v) is 2.47. The topological polar surface area (TPSA) is 62.4 Å². The van der Waals surface area contributed by atoms with Crippen molar-refractivity contribution in [1.29, 1.82) is 0 Å². The highest BCUT2D eigenvalue weighted by Gasteiger charge is 2.31. The van der Waals surface area contributed by atoms with Crippen LogP contribution in [0.1, 0.15) is 31.5 Å². The summed E-state index contributed by atoms with van der Waals surface area (Å²) in [4.78, 5) is 6.67. The molecule has 0 aromatic carbocycles. The van der Waals surface area contributed by atoms with Crippen molar-refractivity contribution in [2.24, 2.45) is 5.73 Å². The zero-order chi connectivity index (χ0) is 12.3. The van der Waals surface area contributed by atoms with Crippen molar-refractivity contribution >= 4 is 0 Å². The minimum absolute atomic E-state index is 0.0650. The van der Waals surface area contributed by atoms with Gasteiger partial charge < -0.3 is 10.8 Å². The van der Waals surface area contributed by atoms with Crippen LogP contribution in [0.4, 0.5) is 0 Å². The van der Waals surface area contributed by atoms with Crippen LogP contribution in [0.2, 0.25) is 0 Å². The minimum Gasteiger partial charge on any atom is -0.392 e. The highest BCUT2D eigenvalue weighted by atomic mass is 16.3. The van der Waals surface area contributed by atoms with Crippen molar-refractivity contribution in [2.45, 2.75) is 38.0 Å². The second-order valence-corrected chi connectivity index (χ2v) is 4.71. The van der Waals surface area contributed by atoms with Crippen LogP contribution in [0.25, 0.3) is 0 Å². The Labute approximate surface area is 102 Å². The van der Waals surface area contributed by atoms with Gasteiger partial charge in [-0.1, -0.05) is 13.0 Å². The number of aliphatic hydroxyl groups excluding tert-OH is 1. The van der Waals surface area contributed by atoms with Crippen LogP contribution in [0, 0.1) is 0 Å². The van der Waals surface area contributed by atoms with Crippen LogP contribution in [0.3, 0.4) is 0 Å². The predicted octanol–water partition coefficient (Wildman–Crippen LogP) is 0.927. The van der Waals surface area contributed by atoms with E-state index in [1.807, 2.05) is 18.2 Å². The Bertz CT molecular complexity index is 344. The molecule has 94 valence electrons. The molecule has 0 amide bonds. The van der Waals surface area contributed by atoms with E-state index in [2.05, 4.69) is 16.8 Å². The molecule has 4 nitrogen and oxygen atoms in total. The van der Waals surface area contributed by atoms with Crippen molar-refractivity contribution in [3.63, 3.8) is 0 Å². The molecule has 1 aromatic rings. The molecule has 0 bridgehead atoms. The lowest BCUT2D eigenvalue weighted by atomic mass is 10.0. The molecule has 1 saturated heterocycles. The van der Waals surface area contributed by atoms with Gasteiger partial charge in [0.2, 0.25) is 0 Å². The van der Waals surface area contributed by atoms with Crippen LogP contribution in [-0.4, -0.2) is 40.2 Å². The highest BCUT2D eigenvalue weighted by Crippen LogP contribution is 2.27. The van der Waals surface area contributed by atoms with Gasteiger partial charge in [0.25, 0.3) is 0 Å². The fraction of sp³-hybridized carbons (Fsp3) is 0.615. The molecule has 0 aliphatic carbocycles. The third kappa shape index (κ3) is 2.83. The maximum atomic E-state index is 9.65. The molecule has 1 aromatic heterocycles.